The van der Waals surface area contributed by atoms with E-state index in [9.17, 15) is 4.79 Å². The zero-order chi connectivity index (χ0) is 16.4. The van der Waals surface area contributed by atoms with E-state index in [1.54, 1.807) is 6.20 Å². The van der Waals surface area contributed by atoms with Crippen LogP contribution in [0.4, 0.5) is 10.6 Å². The Hall–Kier alpha value is -1.83. The van der Waals surface area contributed by atoms with Crippen molar-refractivity contribution in [3.63, 3.8) is 0 Å². The third-order valence-corrected chi connectivity index (χ3v) is 5.46. The molecule has 122 valence electrons. The highest BCUT2D eigenvalue weighted by Crippen LogP contribution is 2.40. The number of nitrogens with zero attached hydrogens (tertiary/aromatic N) is 4. The molecule has 4 rings (SSSR count). The topological polar surface area (TPSA) is 85.8 Å². The lowest BCUT2D eigenvalue weighted by Gasteiger charge is -2.36. The lowest BCUT2D eigenvalue weighted by molar-refractivity contribution is 0.0612. The third kappa shape index (κ3) is 2.11. The quantitative estimate of drug-likeness (QED) is 0.822. The second-order valence-electron chi connectivity index (χ2n) is 6.71. The van der Waals surface area contributed by atoms with Crippen molar-refractivity contribution in [2.24, 2.45) is 0 Å². The number of halogens is 1. The van der Waals surface area contributed by atoms with Crippen LogP contribution < -0.4 is 5.73 Å². The molecule has 0 radical (unpaired) electrons. The minimum absolute atomic E-state index is 0.132. The fourth-order valence-corrected chi connectivity index (χ4v) is 4.36. The Kier molecular flexibility index (Phi) is 3.10. The summed E-state index contributed by atoms with van der Waals surface area (Å²) in [5, 5.41) is 0. The van der Waals surface area contributed by atoms with Crippen molar-refractivity contribution >= 4 is 33.4 Å². The van der Waals surface area contributed by atoms with E-state index in [0.29, 0.717) is 17.0 Å². The molecule has 4 heterocycles. The first kappa shape index (κ1) is 14.7. The van der Waals surface area contributed by atoms with Gasteiger partial charge in [0.05, 0.1) is 6.04 Å². The molecule has 7 nitrogen and oxygen atoms in total. The van der Waals surface area contributed by atoms with Gasteiger partial charge in [-0.3, -0.25) is 4.40 Å². The average molecular weight is 380 g/mol. The maximum atomic E-state index is 12.2. The summed E-state index contributed by atoms with van der Waals surface area (Å²) in [5.74, 6) is 1.48. The monoisotopic (exact) mass is 379 g/mol. The summed E-state index contributed by atoms with van der Waals surface area (Å²) < 4.78 is 8.16. The number of hydrogen-bond acceptors (Lipinski definition) is 5. The third-order valence-electron chi connectivity index (χ3n) is 4.90. The largest absolute Gasteiger partial charge is 0.441 e. The van der Waals surface area contributed by atoms with Gasteiger partial charge < -0.3 is 15.4 Å². The number of amides is 1. The first-order valence-corrected chi connectivity index (χ1v) is 8.45. The summed E-state index contributed by atoms with van der Waals surface area (Å²) in [6, 6.07) is 0.132. The first-order chi connectivity index (χ1) is 10.9. The number of hydrogen-bond donors (Lipinski definition) is 1. The van der Waals surface area contributed by atoms with E-state index < -0.39 is 5.60 Å². The lowest BCUT2D eigenvalue weighted by atomic mass is 9.86. The molecule has 0 aliphatic carbocycles. The van der Waals surface area contributed by atoms with E-state index in [2.05, 4.69) is 25.9 Å². The Balaban J connectivity index is 1.71. The smallest absolute Gasteiger partial charge is 0.410 e. The molecule has 0 bridgehead atoms. The molecule has 2 aliphatic heterocycles. The Morgan fingerprint density at radius 3 is 3.00 bits per heavy atom. The van der Waals surface area contributed by atoms with Crippen molar-refractivity contribution in [3.05, 3.63) is 22.8 Å². The number of aromatic nitrogens is 3. The van der Waals surface area contributed by atoms with Gasteiger partial charge in [0.1, 0.15) is 21.5 Å². The van der Waals surface area contributed by atoms with Gasteiger partial charge in [0, 0.05) is 24.9 Å². The summed E-state index contributed by atoms with van der Waals surface area (Å²) in [6.45, 7) is 4.56. The number of carbonyl (C=O) groups is 1. The van der Waals surface area contributed by atoms with Gasteiger partial charge in [-0.15, -0.1) is 0 Å². The van der Waals surface area contributed by atoms with Crippen molar-refractivity contribution in [1.82, 2.24) is 19.3 Å². The highest BCUT2D eigenvalue weighted by molar-refractivity contribution is 9.10. The fraction of sp³-hybridized carbons (Fsp3) is 0.533. The van der Waals surface area contributed by atoms with Gasteiger partial charge >= 0.3 is 6.09 Å². The first-order valence-electron chi connectivity index (χ1n) is 7.66. The molecule has 2 aromatic heterocycles. The van der Waals surface area contributed by atoms with Gasteiger partial charge in [0.15, 0.2) is 5.82 Å². The summed E-state index contributed by atoms with van der Waals surface area (Å²) in [5.41, 5.74) is 6.30. The lowest BCUT2D eigenvalue weighted by Crippen LogP contribution is -2.46. The van der Waals surface area contributed by atoms with E-state index in [1.807, 2.05) is 29.3 Å². The minimum Gasteiger partial charge on any atom is -0.441 e. The predicted molar refractivity (Wildman–Crippen MR) is 88.1 cm³/mol. The molecule has 2 N–H and O–H groups in total. The SMILES string of the molecule is CC1(C)OC(=O)N2C[C@H](c3nc(Br)c4c(N)nccn34)CC[C@H]21. The van der Waals surface area contributed by atoms with Crippen molar-refractivity contribution in [2.45, 2.75) is 44.2 Å². The molecule has 2 atom stereocenters. The number of cyclic esters (lactones) is 1. The Morgan fingerprint density at radius 2 is 2.22 bits per heavy atom. The van der Waals surface area contributed by atoms with Gasteiger partial charge in [-0.1, -0.05) is 0 Å². The predicted octanol–water partition coefficient (Wildman–Crippen LogP) is 2.55. The molecule has 0 saturated carbocycles. The fourth-order valence-electron chi connectivity index (χ4n) is 3.79. The molecule has 0 unspecified atom stereocenters. The summed E-state index contributed by atoms with van der Waals surface area (Å²) >= 11 is 3.46. The molecule has 2 aromatic rings. The number of piperidine rings is 1. The second kappa shape index (κ2) is 4.83. The van der Waals surface area contributed by atoms with Crippen molar-refractivity contribution in [2.75, 3.05) is 12.3 Å². The molecule has 2 aliphatic rings. The van der Waals surface area contributed by atoms with Gasteiger partial charge in [-0.2, -0.15) is 0 Å². The molecule has 2 saturated heterocycles. The van der Waals surface area contributed by atoms with Crippen LogP contribution in [0.25, 0.3) is 5.52 Å². The van der Waals surface area contributed by atoms with E-state index >= 15 is 0 Å². The van der Waals surface area contributed by atoms with Crippen LogP contribution in [0.15, 0.2) is 17.0 Å². The average Bonchev–Trinajstić information content (AvgIpc) is 2.95. The van der Waals surface area contributed by atoms with Crippen LogP contribution in [0.3, 0.4) is 0 Å². The Labute approximate surface area is 142 Å². The van der Waals surface area contributed by atoms with Crippen LogP contribution in [0.1, 0.15) is 38.4 Å². The zero-order valence-corrected chi connectivity index (χ0v) is 14.6. The number of nitrogens with two attached hydrogens (primary N) is 1. The summed E-state index contributed by atoms with van der Waals surface area (Å²) in [4.78, 5) is 22.7. The number of carbonyl (C=O) groups excluding carboxylic acids is 1. The van der Waals surface area contributed by atoms with E-state index in [1.165, 1.54) is 0 Å². The van der Waals surface area contributed by atoms with Crippen LogP contribution in [0, 0.1) is 0 Å². The second-order valence-corrected chi connectivity index (χ2v) is 7.46. The highest BCUT2D eigenvalue weighted by Gasteiger charge is 2.50. The standard InChI is InChI=1S/C15H18BrN5O2/c1-15(2)9-4-3-8(7-21(9)14(22)23-15)13-19-11(16)10-12(17)18-5-6-20(10)13/h5-6,8-9H,3-4,7H2,1-2H3,(H2,17,18)/t8-,9+/m1/s1. The maximum Gasteiger partial charge on any atom is 0.410 e. The van der Waals surface area contributed by atoms with Crippen LogP contribution in [-0.2, 0) is 4.74 Å². The number of imidazole rings is 1. The summed E-state index contributed by atoms with van der Waals surface area (Å²) in [7, 11) is 0. The number of ether oxygens (including phenoxy) is 1. The molecule has 23 heavy (non-hydrogen) atoms. The molecule has 8 heteroatoms. The highest BCUT2D eigenvalue weighted by atomic mass is 79.9. The number of anilines is 1. The number of rotatable bonds is 1. The van der Waals surface area contributed by atoms with Crippen LogP contribution >= 0.6 is 15.9 Å². The molecule has 0 spiro atoms. The molecule has 1 amide bonds. The van der Waals surface area contributed by atoms with Crippen LogP contribution in [0.2, 0.25) is 0 Å². The Bertz CT molecular complexity index is 803. The molecular formula is C15H18BrN5O2. The zero-order valence-electron chi connectivity index (χ0n) is 13.0. The summed E-state index contributed by atoms with van der Waals surface area (Å²) in [6.07, 6.45) is 5.15. The van der Waals surface area contributed by atoms with Gasteiger partial charge in [-0.05, 0) is 42.6 Å². The molecule has 0 aromatic carbocycles. The van der Waals surface area contributed by atoms with Gasteiger partial charge in [0.2, 0.25) is 0 Å². The number of fused-ring (bicyclic) bond motifs is 2. The van der Waals surface area contributed by atoms with Crippen molar-refractivity contribution in [1.29, 1.82) is 0 Å². The van der Waals surface area contributed by atoms with Crippen LogP contribution in [-0.4, -0.2) is 43.5 Å². The molecular weight excluding hydrogens is 362 g/mol. The maximum absolute atomic E-state index is 12.2. The van der Waals surface area contributed by atoms with Crippen molar-refractivity contribution in [3.8, 4) is 0 Å². The normalized spacial score (nSPS) is 26.4. The van der Waals surface area contributed by atoms with Gasteiger partial charge in [0.25, 0.3) is 0 Å². The number of nitrogen functional groups attached to an aromatic ring is 1. The van der Waals surface area contributed by atoms with E-state index in [0.717, 1.165) is 24.2 Å². The Morgan fingerprint density at radius 1 is 1.43 bits per heavy atom. The van der Waals surface area contributed by atoms with E-state index in [4.69, 9.17) is 10.5 Å². The van der Waals surface area contributed by atoms with Crippen molar-refractivity contribution < 1.29 is 9.53 Å². The minimum atomic E-state index is -0.425. The molecule has 2 fully saturated rings. The van der Waals surface area contributed by atoms with E-state index in [-0.39, 0.29) is 18.1 Å². The van der Waals surface area contributed by atoms with Crippen LogP contribution in [0.5, 0.6) is 0 Å². The van der Waals surface area contributed by atoms with Gasteiger partial charge in [-0.25, -0.2) is 14.8 Å².